The van der Waals surface area contributed by atoms with Gasteiger partial charge >= 0.3 is 0 Å². The number of benzene rings is 1. The number of rotatable bonds is 4. The molecule has 0 unspecified atom stereocenters. The summed E-state index contributed by atoms with van der Waals surface area (Å²) in [5, 5.41) is 2.82. The van der Waals surface area contributed by atoms with Crippen LogP contribution in [0.1, 0.15) is 12.0 Å². The van der Waals surface area contributed by atoms with Gasteiger partial charge in [0.05, 0.1) is 4.90 Å². The van der Waals surface area contributed by atoms with Crippen molar-refractivity contribution in [1.29, 1.82) is 0 Å². The van der Waals surface area contributed by atoms with Crippen LogP contribution >= 0.6 is 0 Å². The van der Waals surface area contributed by atoms with Gasteiger partial charge in [0, 0.05) is 25.2 Å². The summed E-state index contributed by atoms with van der Waals surface area (Å²) in [4.78, 5) is 0.148. The molecule has 19 heavy (non-hydrogen) atoms. The summed E-state index contributed by atoms with van der Waals surface area (Å²) in [7, 11) is -1.84. The van der Waals surface area contributed by atoms with Crippen molar-refractivity contribution in [2.75, 3.05) is 20.1 Å². The molecule has 0 fully saturated rings. The molecule has 0 bridgehead atoms. The van der Waals surface area contributed by atoms with Gasteiger partial charge in [-0.2, -0.15) is 4.31 Å². The zero-order valence-corrected chi connectivity index (χ0v) is 11.6. The van der Waals surface area contributed by atoms with Crippen molar-refractivity contribution in [3.05, 3.63) is 41.7 Å². The van der Waals surface area contributed by atoms with Crippen LogP contribution in [0.4, 0.5) is 4.39 Å². The minimum atomic E-state index is -3.53. The number of nitrogens with one attached hydrogen (secondary N) is 1. The number of halogens is 1. The molecular weight excluding hydrogens is 267 g/mol. The second-order valence-electron chi connectivity index (χ2n) is 4.41. The lowest BCUT2D eigenvalue weighted by atomic mass is 10.2. The quantitative estimate of drug-likeness (QED) is 0.852. The Morgan fingerprint density at radius 3 is 2.79 bits per heavy atom. The Hall–Kier alpha value is -1.24. The SMILES string of the molecule is CNCc1cc(S(=O)(=O)N2CC=CCC2)ccc1F. The molecule has 0 atom stereocenters. The highest BCUT2D eigenvalue weighted by atomic mass is 32.2. The molecule has 1 aliphatic heterocycles. The van der Waals surface area contributed by atoms with Crippen molar-refractivity contribution in [1.82, 2.24) is 9.62 Å². The molecule has 6 heteroatoms. The number of hydrogen-bond donors (Lipinski definition) is 1. The van der Waals surface area contributed by atoms with Gasteiger partial charge in [-0.05, 0) is 31.7 Å². The average Bonchev–Trinajstić information content (AvgIpc) is 2.42. The van der Waals surface area contributed by atoms with E-state index in [1.165, 1.54) is 22.5 Å². The topological polar surface area (TPSA) is 49.4 Å². The summed E-state index contributed by atoms with van der Waals surface area (Å²) in [5.74, 6) is -0.396. The van der Waals surface area contributed by atoms with Crippen molar-refractivity contribution in [2.24, 2.45) is 0 Å². The summed E-state index contributed by atoms with van der Waals surface area (Å²) in [6.45, 7) is 1.15. The van der Waals surface area contributed by atoms with Gasteiger partial charge in [-0.15, -0.1) is 0 Å². The van der Waals surface area contributed by atoms with Gasteiger partial charge in [0.2, 0.25) is 10.0 Å². The molecule has 104 valence electrons. The minimum Gasteiger partial charge on any atom is -0.316 e. The normalized spacial score (nSPS) is 16.7. The highest BCUT2D eigenvalue weighted by molar-refractivity contribution is 7.89. The van der Waals surface area contributed by atoms with Gasteiger partial charge in [-0.25, -0.2) is 12.8 Å². The first-order valence-corrected chi connectivity index (χ1v) is 7.58. The molecule has 1 N–H and O–H groups in total. The molecule has 1 aliphatic rings. The molecule has 0 aromatic heterocycles. The minimum absolute atomic E-state index is 0.148. The first-order chi connectivity index (χ1) is 9.05. The number of hydrogen-bond acceptors (Lipinski definition) is 3. The Balaban J connectivity index is 2.34. The molecule has 0 saturated carbocycles. The molecule has 1 aromatic rings. The summed E-state index contributed by atoms with van der Waals surface area (Å²) in [6, 6.07) is 3.93. The predicted molar refractivity (Wildman–Crippen MR) is 71.7 cm³/mol. The van der Waals surface area contributed by atoms with Crippen LogP contribution in [0.25, 0.3) is 0 Å². The highest BCUT2D eigenvalue weighted by Crippen LogP contribution is 2.20. The number of sulfonamides is 1. The Morgan fingerprint density at radius 2 is 2.16 bits per heavy atom. The van der Waals surface area contributed by atoms with Crippen molar-refractivity contribution < 1.29 is 12.8 Å². The van der Waals surface area contributed by atoms with E-state index in [0.29, 0.717) is 31.6 Å². The van der Waals surface area contributed by atoms with Gasteiger partial charge < -0.3 is 5.32 Å². The van der Waals surface area contributed by atoms with Crippen molar-refractivity contribution in [3.63, 3.8) is 0 Å². The van der Waals surface area contributed by atoms with Crippen LogP contribution in [0.15, 0.2) is 35.2 Å². The lowest BCUT2D eigenvalue weighted by Crippen LogP contribution is -2.33. The van der Waals surface area contributed by atoms with E-state index in [1.807, 2.05) is 12.2 Å². The zero-order valence-electron chi connectivity index (χ0n) is 10.8. The molecule has 0 saturated heterocycles. The molecule has 4 nitrogen and oxygen atoms in total. The van der Waals surface area contributed by atoms with Crippen molar-refractivity contribution in [2.45, 2.75) is 17.9 Å². The van der Waals surface area contributed by atoms with Crippen LogP contribution in [-0.2, 0) is 16.6 Å². The molecule has 2 rings (SSSR count). The van der Waals surface area contributed by atoms with Gasteiger partial charge in [0.25, 0.3) is 0 Å². The molecule has 0 amide bonds. The maximum atomic E-state index is 13.5. The maximum absolute atomic E-state index is 13.5. The third kappa shape index (κ3) is 3.02. The molecule has 1 heterocycles. The second kappa shape index (κ2) is 5.81. The molecule has 1 aromatic carbocycles. The second-order valence-corrected chi connectivity index (χ2v) is 6.34. The third-order valence-electron chi connectivity index (χ3n) is 3.04. The van der Waals surface area contributed by atoms with E-state index in [0.717, 1.165) is 0 Å². The van der Waals surface area contributed by atoms with E-state index in [1.54, 1.807) is 7.05 Å². The fourth-order valence-electron chi connectivity index (χ4n) is 2.02. The lowest BCUT2D eigenvalue weighted by molar-refractivity contribution is 0.437. The van der Waals surface area contributed by atoms with E-state index in [4.69, 9.17) is 0 Å². The van der Waals surface area contributed by atoms with Gasteiger partial charge in [-0.1, -0.05) is 12.2 Å². The first-order valence-electron chi connectivity index (χ1n) is 6.14. The first kappa shape index (κ1) is 14.2. The van der Waals surface area contributed by atoms with Gasteiger partial charge in [0.1, 0.15) is 5.82 Å². The molecule has 0 radical (unpaired) electrons. The van der Waals surface area contributed by atoms with E-state index in [9.17, 15) is 12.8 Å². The van der Waals surface area contributed by atoms with Crippen LogP contribution in [0.2, 0.25) is 0 Å². The Kier molecular flexibility index (Phi) is 4.34. The third-order valence-corrected chi connectivity index (χ3v) is 4.90. The van der Waals surface area contributed by atoms with Crippen molar-refractivity contribution >= 4 is 10.0 Å². The Bertz CT molecular complexity index is 584. The van der Waals surface area contributed by atoms with Crippen molar-refractivity contribution in [3.8, 4) is 0 Å². The molecular formula is C13H17FN2O2S. The van der Waals surface area contributed by atoms with Crippen LogP contribution in [-0.4, -0.2) is 32.9 Å². The smallest absolute Gasteiger partial charge is 0.243 e. The van der Waals surface area contributed by atoms with Crippen LogP contribution in [0, 0.1) is 5.82 Å². The predicted octanol–water partition coefficient (Wildman–Crippen LogP) is 1.50. The summed E-state index contributed by atoms with van der Waals surface area (Å²) < 4.78 is 39.7. The Labute approximate surface area is 113 Å². The van der Waals surface area contributed by atoms with Crippen LogP contribution < -0.4 is 5.32 Å². The van der Waals surface area contributed by atoms with E-state index >= 15 is 0 Å². The van der Waals surface area contributed by atoms with Gasteiger partial charge in [0.15, 0.2) is 0 Å². The monoisotopic (exact) mass is 284 g/mol. The standard InChI is InChI=1S/C13H17FN2O2S/c1-15-10-11-9-12(5-6-13(11)14)19(17,18)16-7-3-2-4-8-16/h2-3,5-6,9,15H,4,7-8,10H2,1H3. The number of nitrogens with zero attached hydrogens (tertiary/aromatic N) is 1. The summed E-state index contributed by atoms with van der Waals surface area (Å²) in [5.41, 5.74) is 0.358. The lowest BCUT2D eigenvalue weighted by Gasteiger charge is -2.23. The van der Waals surface area contributed by atoms with E-state index in [2.05, 4.69) is 5.32 Å². The van der Waals surface area contributed by atoms with Crippen LogP contribution in [0.3, 0.4) is 0 Å². The summed E-state index contributed by atoms with van der Waals surface area (Å²) >= 11 is 0. The largest absolute Gasteiger partial charge is 0.316 e. The average molecular weight is 284 g/mol. The fraction of sp³-hybridized carbons (Fsp3) is 0.385. The maximum Gasteiger partial charge on any atom is 0.243 e. The van der Waals surface area contributed by atoms with Crippen LogP contribution in [0.5, 0.6) is 0 Å². The van der Waals surface area contributed by atoms with E-state index in [-0.39, 0.29) is 4.90 Å². The fourth-order valence-corrected chi connectivity index (χ4v) is 3.48. The summed E-state index contributed by atoms with van der Waals surface area (Å²) in [6.07, 6.45) is 4.51. The molecule has 0 spiro atoms. The molecule has 0 aliphatic carbocycles. The highest BCUT2D eigenvalue weighted by Gasteiger charge is 2.25. The van der Waals surface area contributed by atoms with Gasteiger partial charge in [-0.3, -0.25) is 0 Å². The Morgan fingerprint density at radius 1 is 1.37 bits per heavy atom. The zero-order chi connectivity index (χ0) is 13.9. The van der Waals surface area contributed by atoms with E-state index < -0.39 is 15.8 Å².